The molecule has 0 saturated heterocycles. The number of anilines is 1. The lowest BCUT2D eigenvalue weighted by atomic mass is 10.1. The van der Waals surface area contributed by atoms with Gasteiger partial charge in [0.1, 0.15) is 5.75 Å². The molecule has 0 unspecified atom stereocenters. The molecular weight excluding hydrogens is 323 g/mol. The third kappa shape index (κ3) is 3.15. The van der Waals surface area contributed by atoms with Gasteiger partial charge in [-0.2, -0.15) is 0 Å². The Balaban J connectivity index is 2.09. The number of fused-ring (bicyclic) bond motifs is 1. The van der Waals surface area contributed by atoms with Crippen molar-refractivity contribution in [2.45, 2.75) is 6.92 Å². The number of hydrogen-bond donors (Lipinski definition) is 1. The number of ether oxygens (including phenoxy) is 3. The van der Waals surface area contributed by atoms with E-state index in [-0.39, 0.29) is 5.75 Å². The van der Waals surface area contributed by atoms with E-state index in [1.54, 1.807) is 51.7 Å². The van der Waals surface area contributed by atoms with Crippen LogP contribution in [0.2, 0.25) is 0 Å². The molecule has 0 saturated carbocycles. The number of nitrogens with zero attached hydrogens (tertiary/aromatic N) is 1. The first-order chi connectivity index (χ1) is 12.1. The van der Waals surface area contributed by atoms with E-state index in [9.17, 15) is 4.39 Å². The third-order valence-electron chi connectivity index (χ3n) is 3.98. The molecule has 3 aromatic rings. The van der Waals surface area contributed by atoms with Crippen LogP contribution >= 0.6 is 0 Å². The van der Waals surface area contributed by atoms with E-state index in [1.807, 2.05) is 6.92 Å². The highest BCUT2D eigenvalue weighted by molar-refractivity contribution is 5.88. The van der Waals surface area contributed by atoms with Crippen LogP contribution in [-0.2, 0) is 0 Å². The van der Waals surface area contributed by atoms with Crippen molar-refractivity contribution in [3.8, 4) is 23.0 Å². The van der Waals surface area contributed by atoms with E-state index in [0.29, 0.717) is 28.2 Å². The van der Waals surface area contributed by atoms with Crippen molar-refractivity contribution in [3.05, 3.63) is 47.9 Å². The summed E-state index contributed by atoms with van der Waals surface area (Å²) in [5.41, 5.74) is 2.27. The molecule has 0 bridgehead atoms. The molecule has 2 aromatic carbocycles. The van der Waals surface area contributed by atoms with Gasteiger partial charge in [-0.25, -0.2) is 4.39 Å². The molecule has 0 amide bonds. The monoisotopic (exact) mass is 342 g/mol. The number of pyridine rings is 1. The van der Waals surface area contributed by atoms with Gasteiger partial charge in [-0.1, -0.05) is 0 Å². The second-order valence-electron chi connectivity index (χ2n) is 5.48. The van der Waals surface area contributed by atoms with E-state index in [1.165, 1.54) is 6.07 Å². The van der Waals surface area contributed by atoms with Crippen molar-refractivity contribution in [2.24, 2.45) is 0 Å². The number of methoxy groups -OCH3 is 2. The highest BCUT2D eigenvalue weighted by Gasteiger charge is 2.14. The fourth-order valence-corrected chi connectivity index (χ4v) is 2.66. The third-order valence-corrected chi connectivity index (χ3v) is 3.98. The zero-order chi connectivity index (χ0) is 18.0. The second-order valence-corrected chi connectivity index (χ2v) is 5.48. The molecule has 3 rings (SSSR count). The Bertz CT molecular complexity index is 928. The molecule has 1 aromatic heterocycles. The summed E-state index contributed by atoms with van der Waals surface area (Å²) in [6.07, 6.45) is 1.61. The minimum Gasteiger partial charge on any atom is -0.493 e. The van der Waals surface area contributed by atoms with E-state index in [2.05, 4.69) is 10.3 Å². The standard InChI is InChI=1S/C19H19FN2O3/c1-11-7-17(13(20)9-14(11)21-2)25-16-5-6-22-15-10-19(24-4)18(23-3)8-12(15)16/h5-10,21H,1-4H3. The molecule has 25 heavy (non-hydrogen) atoms. The molecule has 6 heteroatoms. The summed E-state index contributed by atoms with van der Waals surface area (Å²) in [4.78, 5) is 4.32. The topological polar surface area (TPSA) is 52.6 Å². The van der Waals surface area contributed by atoms with Crippen LogP contribution in [0.1, 0.15) is 5.56 Å². The zero-order valence-corrected chi connectivity index (χ0v) is 14.5. The van der Waals surface area contributed by atoms with Gasteiger partial charge in [-0.15, -0.1) is 0 Å². The van der Waals surface area contributed by atoms with Crippen molar-refractivity contribution in [1.29, 1.82) is 0 Å². The smallest absolute Gasteiger partial charge is 0.167 e. The maximum absolute atomic E-state index is 14.3. The van der Waals surface area contributed by atoms with E-state index in [4.69, 9.17) is 14.2 Å². The van der Waals surface area contributed by atoms with Gasteiger partial charge in [0.05, 0.1) is 19.7 Å². The molecular formula is C19H19FN2O3. The first-order valence-corrected chi connectivity index (χ1v) is 7.74. The van der Waals surface area contributed by atoms with Gasteiger partial charge in [0.25, 0.3) is 0 Å². The summed E-state index contributed by atoms with van der Waals surface area (Å²) < 4.78 is 30.8. The summed E-state index contributed by atoms with van der Waals surface area (Å²) in [6, 6.07) is 8.29. The summed E-state index contributed by atoms with van der Waals surface area (Å²) in [6.45, 7) is 1.89. The number of aromatic nitrogens is 1. The van der Waals surface area contributed by atoms with Gasteiger partial charge in [-0.3, -0.25) is 4.98 Å². The highest BCUT2D eigenvalue weighted by Crippen LogP contribution is 2.38. The van der Waals surface area contributed by atoms with Gasteiger partial charge >= 0.3 is 0 Å². The van der Waals surface area contributed by atoms with Gasteiger partial charge in [0.15, 0.2) is 23.1 Å². The van der Waals surface area contributed by atoms with Crippen molar-refractivity contribution < 1.29 is 18.6 Å². The van der Waals surface area contributed by atoms with Crippen molar-refractivity contribution in [3.63, 3.8) is 0 Å². The quantitative estimate of drug-likeness (QED) is 0.738. The Morgan fingerprint density at radius 3 is 2.36 bits per heavy atom. The molecule has 0 fully saturated rings. The minimum atomic E-state index is -0.444. The van der Waals surface area contributed by atoms with Crippen LogP contribution in [0, 0.1) is 12.7 Å². The van der Waals surface area contributed by atoms with Crippen molar-refractivity contribution >= 4 is 16.6 Å². The summed E-state index contributed by atoms with van der Waals surface area (Å²) in [5.74, 6) is 1.32. The van der Waals surface area contributed by atoms with Crippen LogP contribution in [0.25, 0.3) is 10.9 Å². The van der Waals surface area contributed by atoms with E-state index >= 15 is 0 Å². The molecule has 0 aliphatic heterocycles. The predicted molar refractivity (Wildman–Crippen MR) is 95.6 cm³/mol. The first-order valence-electron chi connectivity index (χ1n) is 7.74. The van der Waals surface area contributed by atoms with E-state index in [0.717, 1.165) is 11.3 Å². The Labute approximate surface area is 145 Å². The average molecular weight is 342 g/mol. The second kappa shape index (κ2) is 6.84. The molecule has 130 valence electrons. The molecule has 1 N–H and O–H groups in total. The van der Waals surface area contributed by atoms with Crippen LogP contribution < -0.4 is 19.5 Å². The molecule has 0 aliphatic carbocycles. The average Bonchev–Trinajstić information content (AvgIpc) is 2.63. The Morgan fingerprint density at radius 1 is 0.960 bits per heavy atom. The predicted octanol–water partition coefficient (Wildman–Crippen LogP) is 4.53. The maximum atomic E-state index is 14.3. The number of nitrogens with one attached hydrogen (secondary N) is 1. The van der Waals surface area contributed by atoms with Crippen LogP contribution in [0.4, 0.5) is 10.1 Å². The fraction of sp³-hybridized carbons (Fsp3) is 0.211. The van der Waals surface area contributed by atoms with Gasteiger partial charge in [0, 0.05) is 36.5 Å². The lowest BCUT2D eigenvalue weighted by Gasteiger charge is -2.14. The van der Waals surface area contributed by atoms with Crippen LogP contribution in [-0.4, -0.2) is 26.3 Å². The number of hydrogen-bond acceptors (Lipinski definition) is 5. The summed E-state index contributed by atoms with van der Waals surface area (Å²) >= 11 is 0. The largest absolute Gasteiger partial charge is 0.493 e. The Kier molecular flexibility index (Phi) is 4.61. The number of rotatable bonds is 5. The SMILES string of the molecule is CNc1cc(F)c(Oc2ccnc3cc(OC)c(OC)cc23)cc1C. The van der Waals surface area contributed by atoms with Gasteiger partial charge in [0.2, 0.25) is 0 Å². The minimum absolute atomic E-state index is 0.152. The van der Waals surface area contributed by atoms with Crippen molar-refractivity contribution in [1.82, 2.24) is 4.98 Å². The lowest BCUT2D eigenvalue weighted by Crippen LogP contribution is -1.97. The Morgan fingerprint density at radius 2 is 1.68 bits per heavy atom. The number of benzene rings is 2. The maximum Gasteiger partial charge on any atom is 0.167 e. The molecule has 0 aliphatic rings. The molecule has 0 spiro atoms. The molecule has 0 radical (unpaired) electrons. The van der Waals surface area contributed by atoms with Crippen LogP contribution in [0.5, 0.6) is 23.0 Å². The highest BCUT2D eigenvalue weighted by atomic mass is 19.1. The van der Waals surface area contributed by atoms with Crippen molar-refractivity contribution in [2.75, 3.05) is 26.6 Å². The lowest BCUT2D eigenvalue weighted by molar-refractivity contribution is 0.355. The fourth-order valence-electron chi connectivity index (χ4n) is 2.66. The summed E-state index contributed by atoms with van der Waals surface area (Å²) in [7, 11) is 4.87. The van der Waals surface area contributed by atoms with Gasteiger partial charge < -0.3 is 19.5 Å². The number of aryl methyl sites for hydroxylation is 1. The van der Waals surface area contributed by atoms with Crippen LogP contribution in [0.3, 0.4) is 0 Å². The molecule has 0 atom stereocenters. The zero-order valence-electron chi connectivity index (χ0n) is 14.5. The number of halogens is 1. The molecule has 1 heterocycles. The summed E-state index contributed by atoms with van der Waals surface area (Å²) in [5, 5.41) is 3.65. The van der Waals surface area contributed by atoms with E-state index < -0.39 is 5.82 Å². The Hall–Kier alpha value is -3.02. The van der Waals surface area contributed by atoms with Gasteiger partial charge in [-0.05, 0) is 30.7 Å². The molecule has 5 nitrogen and oxygen atoms in total. The normalized spacial score (nSPS) is 10.6. The first kappa shape index (κ1) is 16.8. The van der Waals surface area contributed by atoms with Crippen LogP contribution in [0.15, 0.2) is 36.5 Å².